The molecule has 7 heteroatoms. The van der Waals surface area contributed by atoms with Crippen molar-refractivity contribution in [1.29, 1.82) is 0 Å². The number of hydrogen-bond acceptors (Lipinski definition) is 5. The Bertz CT molecular complexity index is 901. The van der Waals surface area contributed by atoms with E-state index in [9.17, 15) is 4.79 Å². The summed E-state index contributed by atoms with van der Waals surface area (Å²) in [6, 6.07) is 7.83. The number of aryl methyl sites for hydroxylation is 1. The Labute approximate surface area is 139 Å². The first-order valence-corrected chi connectivity index (χ1v) is 8.53. The van der Waals surface area contributed by atoms with Crippen LogP contribution in [0, 0.1) is 0 Å². The third-order valence-electron chi connectivity index (χ3n) is 4.51. The van der Waals surface area contributed by atoms with Gasteiger partial charge in [0.25, 0.3) is 5.95 Å². The average molecular weight is 327 g/mol. The van der Waals surface area contributed by atoms with Crippen LogP contribution in [0.15, 0.2) is 33.6 Å². The van der Waals surface area contributed by atoms with Crippen LogP contribution >= 0.6 is 0 Å². The summed E-state index contributed by atoms with van der Waals surface area (Å²) in [6.45, 7) is 5.01. The van der Waals surface area contributed by atoms with Gasteiger partial charge in [-0.05, 0) is 36.6 Å². The van der Waals surface area contributed by atoms with E-state index in [1.165, 1.54) is 0 Å². The summed E-state index contributed by atoms with van der Waals surface area (Å²) in [4.78, 5) is 19.4. The molecule has 0 radical (unpaired) electrons. The predicted octanol–water partition coefficient (Wildman–Crippen LogP) is 2.24. The Balaban J connectivity index is 1.69. The van der Waals surface area contributed by atoms with E-state index in [1.54, 1.807) is 4.57 Å². The maximum atomic E-state index is 12.8. The molecule has 0 saturated carbocycles. The molecule has 7 nitrogen and oxygen atoms in total. The van der Waals surface area contributed by atoms with Crippen molar-refractivity contribution < 1.29 is 4.52 Å². The molecule has 1 aromatic carbocycles. The van der Waals surface area contributed by atoms with Gasteiger partial charge in [0.2, 0.25) is 5.89 Å². The molecule has 3 heterocycles. The Morgan fingerprint density at radius 1 is 1.12 bits per heavy atom. The lowest BCUT2D eigenvalue weighted by Gasteiger charge is -2.09. The SMILES string of the molecule is CCCn1c(=O)n(Cc2nc(N3CCCC3)no2)c2ccccc21. The van der Waals surface area contributed by atoms with Crippen molar-refractivity contribution in [3.05, 3.63) is 40.6 Å². The van der Waals surface area contributed by atoms with E-state index in [4.69, 9.17) is 4.52 Å². The Kier molecular flexibility index (Phi) is 3.84. The monoisotopic (exact) mass is 327 g/mol. The van der Waals surface area contributed by atoms with Crippen LogP contribution in [0.3, 0.4) is 0 Å². The molecule has 126 valence electrons. The van der Waals surface area contributed by atoms with Gasteiger partial charge < -0.3 is 9.42 Å². The Morgan fingerprint density at radius 3 is 2.54 bits per heavy atom. The van der Waals surface area contributed by atoms with Gasteiger partial charge in [-0.1, -0.05) is 19.1 Å². The minimum absolute atomic E-state index is 0.0287. The van der Waals surface area contributed by atoms with Gasteiger partial charge in [0.15, 0.2) is 0 Å². The second kappa shape index (κ2) is 6.14. The molecule has 2 aromatic heterocycles. The minimum atomic E-state index is -0.0287. The smallest absolute Gasteiger partial charge is 0.329 e. The van der Waals surface area contributed by atoms with Crippen LogP contribution in [0.2, 0.25) is 0 Å². The van der Waals surface area contributed by atoms with E-state index in [0.29, 0.717) is 24.9 Å². The fourth-order valence-corrected chi connectivity index (χ4v) is 3.36. The number of anilines is 1. The lowest BCUT2D eigenvalue weighted by molar-refractivity contribution is 0.369. The summed E-state index contributed by atoms with van der Waals surface area (Å²) in [6.07, 6.45) is 3.23. The number of aromatic nitrogens is 4. The van der Waals surface area contributed by atoms with Crippen molar-refractivity contribution in [1.82, 2.24) is 19.3 Å². The molecular weight excluding hydrogens is 306 g/mol. The summed E-state index contributed by atoms with van der Waals surface area (Å²) in [7, 11) is 0. The third kappa shape index (κ3) is 2.50. The van der Waals surface area contributed by atoms with Crippen molar-refractivity contribution >= 4 is 17.0 Å². The maximum Gasteiger partial charge on any atom is 0.329 e. The van der Waals surface area contributed by atoms with E-state index in [1.807, 2.05) is 28.8 Å². The van der Waals surface area contributed by atoms with E-state index in [-0.39, 0.29) is 5.69 Å². The van der Waals surface area contributed by atoms with Crippen LogP contribution in [0.25, 0.3) is 11.0 Å². The molecule has 0 amide bonds. The van der Waals surface area contributed by atoms with Gasteiger partial charge in [0.1, 0.15) is 6.54 Å². The summed E-state index contributed by atoms with van der Waals surface area (Å²) in [5.41, 5.74) is 1.82. The zero-order valence-corrected chi connectivity index (χ0v) is 13.8. The topological polar surface area (TPSA) is 69.1 Å². The van der Waals surface area contributed by atoms with Crippen molar-refractivity contribution in [3.8, 4) is 0 Å². The van der Waals surface area contributed by atoms with Crippen LogP contribution in [-0.4, -0.2) is 32.4 Å². The van der Waals surface area contributed by atoms with Crippen molar-refractivity contribution in [3.63, 3.8) is 0 Å². The normalized spacial score (nSPS) is 14.8. The summed E-state index contributed by atoms with van der Waals surface area (Å²) < 4.78 is 8.91. The molecule has 0 unspecified atom stereocenters. The molecule has 1 aliphatic heterocycles. The van der Waals surface area contributed by atoms with E-state index < -0.39 is 0 Å². The fraction of sp³-hybridized carbons (Fsp3) is 0.471. The fourth-order valence-electron chi connectivity index (χ4n) is 3.36. The molecule has 0 atom stereocenters. The molecular formula is C17H21N5O2. The van der Waals surface area contributed by atoms with Gasteiger partial charge in [-0.15, -0.1) is 0 Å². The van der Waals surface area contributed by atoms with Gasteiger partial charge in [0, 0.05) is 19.6 Å². The highest BCUT2D eigenvalue weighted by molar-refractivity contribution is 5.76. The molecule has 0 spiro atoms. The zero-order valence-electron chi connectivity index (χ0n) is 13.8. The number of hydrogen-bond donors (Lipinski definition) is 0. The quantitative estimate of drug-likeness (QED) is 0.719. The second-order valence-corrected chi connectivity index (χ2v) is 6.19. The van der Waals surface area contributed by atoms with Gasteiger partial charge >= 0.3 is 5.69 Å². The maximum absolute atomic E-state index is 12.8. The highest BCUT2D eigenvalue weighted by Crippen LogP contribution is 2.18. The van der Waals surface area contributed by atoms with Crippen molar-refractivity contribution in [2.75, 3.05) is 18.0 Å². The first kappa shape index (κ1) is 15.0. The highest BCUT2D eigenvalue weighted by atomic mass is 16.5. The first-order valence-electron chi connectivity index (χ1n) is 8.53. The van der Waals surface area contributed by atoms with Crippen LogP contribution < -0.4 is 10.6 Å². The standard InChI is InChI=1S/C17H21N5O2/c1-2-9-21-13-7-3-4-8-14(13)22(17(21)23)12-15-18-16(19-24-15)20-10-5-6-11-20/h3-4,7-8H,2,5-6,9-12H2,1H3. The zero-order chi connectivity index (χ0) is 16.5. The van der Waals surface area contributed by atoms with Crippen molar-refractivity contribution in [2.24, 2.45) is 0 Å². The molecule has 1 saturated heterocycles. The summed E-state index contributed by atoms with van der Waals surface area (Å²) in [5, 5.41) is 4.06. The van der Waals surface area contributed by atoms with Crippen LogP contribution in [0.4, 0.5) is 5.95 Å². The molecule has 0 aliphatic carbocycles. The van der Waals surface area contributed by atoms with E-state index in [2.05, 4.69) is 22.0 Å². The molecule has 24 heavy (non-hydrogen) atoms. The number of fused-ring (bicyclic) bond motifs is 1. The van der Waals surface area contributed by atoms with E-state index >= 15 is 0 Å². The van der Waals surface area contributed by atoms with Crippen LogP contribution in [0.5, 0.6) is 0 Å². The predicted molar refractivity (Wildman–Crippen MR) is 91.3 cm³/mol. The van der Waals surface area contributed by atoms with Gasteiger partial charge in [-0.25, -0.2) is 4.79 Å². The van der Waals surface area contributed by atoms with Gasteiger partial charge in [-0.2, -0.15) is 4.98 Å². The minimum Gasteiger partial charge on any atom is -0.338 e. The van der Waals surface area contributed by atoms with Gasteiger partial charge in [-0.3, -0.25) is 9.13 Å². The number of imidazole rings is 1. The molecule has 3 aromatic rings. The van der Waals surface area contributed by atoms with Gasteiger partial charge in [0.05, 0.1) is 11.0 Å². The Morgan fingerprint density at radius 2 is 1.83 bits per heavy atom. The third-order valence-corrected chi connectivity index (χ3v) is 4.51. The van der Waals surface area contributed by atoms with Crippen LogP contribution in [-0.2, 0) is 13.1 Å². The van der Waals surface area contributed by atoms with Crippen LogP contribution in [0.1, 0.15) is 32.1 Å². The molecule has 4 rings (SSSR count). The summed E-state index contributed by atoms with van der Waals surface area (Å²) in [5.74, 6) is 1.10. The largest absolute Gasteiger partial charge is 0.338 e. The highest BCUT2D eigenvalue weighted by Gasteiger charge is 2.19. The number of rotatable bonds is 5. The van der Waals surface area contributed by atoms with Crippen molar-refractivity contribution in [2.45, 2.75) is 39.3 Å². The molecule has 1 aliphatic rings. The van der Waals surface area contributed by atoms with E-state index in [0.717, 1.165) is 43.4 Å². The lowest BCUT2D eigenvalue weighted by atomic mass is 10.3. The number of para-hydroxylation sites is 2. The molecule has 0 N–H and O–H groups in total. The lowest BCUT2D eigenvalue weighted by Crippen LogP contribution is -2.25. The first-order chi connectivity index (χ1) is 11.8. The molecule has 0 bridgehead atoms. The average Bonchev–Trinajstić information content (AvgIpc) is 3.32. The second-order valence-electron chi connectivity index (χ2n) is 6.19. The molecule has 1 fully saturated rings. The summed E-state index contributed by atoms with van der Waals surface area (Å²) >= 11 is 0. The number of nitrogens with zero attached hydrogens (tertiary/aromatic N) is 5. The number of benzene rings is 1. The Hall–Kier alpha value is -2.57.